The van der Waals surface area contributed by atoms with Crippen LogP contribution in [-0.2, 0) is 13.6 Å². The molecule has 4 rings (SSSR count). The van der Waals surface area contributed by atoms with E-state index in [1.165, 1.54) is 5.56 Å². The number of aryl methyl sites for hydroxylation is 2. The molecule has 28 heavy (non-hydrogen) atoms. The number of hydrogen-bond donors (Lipinski definition) is 2. The van der Waals surface area contributed by atoms with Crippen molar-refractivity contribution in [1.29, 1.82) is 0 Å². The van der Waals surface area contributed by atoms with Crippen LogP contribution >= 0.6 is 0 Å². The number of nitrogens with zero attached hydrogens (tertiary/aromatic N) is 3. The number of anilines is 1. The molecule has 0 spiro atoms. The van der Waals surface area contributed by atoms with E-state index < -0.39 is 0 Å². The highest BCUT2D eigenvalue weighted by Crippen LogP contribution is 2.29. The lowest BCUT2D eigenvalue weighted by molar-refractivity contribution is 0.251. The lowest BCUT2D eigenvalue weighted by Crippen LogP contribution is -2.28. The fourth-order valence-corrected chi connectivity index (χ4v) is 3.15. The van der Waals surface area contributed by atoms with Crippen molar-refractivity contribution >= 4 is 22.6 Å². The summed E-state index contributed by atoms with van der Waals surface area (Å²) < 4.78 is 1.90. The average molecular weight is 371 g/mol. The molecule has 2 amide bonds. The summed E-state index contributed by atoms with van der Waals surface area (Å²) in [6.07, 6.45) is 3.41. The SMILES string of the molecule is Cc1ccc2c(-c3ccc(NC(=O)NCc4ccncc4)cc3)nn(C)c2c1. The number of benzene rings is 2. The zero-order valence-electron chi connectivity index (χ0n) is 15.8. The van der Waals surface area contributed by atoms with Crippen LogP contribution in [0.25, 0.3) is 22.2 Å². The number of urea groups is 1. The molecule has 0 unspecified atom stereocenters. The summed E-state index contributed by atoms with van der Waals surface area (Å²) >= 11 is 0. The van der Waals surface area contributed by atoms with Gasteiger partial charge in [0.05, 0.1) is 5.52 Å². The summed E-state index contributed by atoms with van der Waals surface area (Å²) in [5, 5.41) is 11.5. The van der Waals surface area contributed by atoms with Gasteiger partial charge in [-0.05, 0) is 48.4 Å². The Hall–Kier alpha value is -3.67. The van der Waals surface area contributed by atoms with E-state index in [1.807, 2.05) is 48.1 Å². The summed E-state index contributed by atoms with van der Waals surface area (Å²) in [5.41, 5.74) is 5.99. The van der Waals surface area contributed by atoms with Crippen LogP contribution in [0, 0.1) is 6.92 Å². The molecule has 2 aromatic heterocycles. The molecule has 0 aliphatic carbocycles. The second-order valence-corrected chi connectivity index (χ2v) is 6.73. The van der Waals surface area contributed by atoms with Crippen LogP contribution < -0.4 is 10.6 Å². The van der Waals surface area contributed by atoms with Crippen molar-refractivity contribution in [2.24, 2.45) is 7.05 Å². The van der Waals surface area contributed by atoms with Crippen molar-refractivity contribution in [1.82, 2.24) is 20.1 Å². The second kappa shape index (κ2) is 7.52. The fraction of sp³-hybridized carbons (Fsp3) is 0.136. The average Bonchev–Trinajstić information content (AvgIpc) is 3.04. The number of aromatic nitrogens is 3. The van der Waals surface area contributed by atoms with Gasteiger partial charge >= 0.3 is 6.03 Å². The smallest absolute Gasteiger partial charge is 0.319 e. The van der Waals surface area contributed by atoms with E-state index in [1.54, 1.807) is 12.4 Å². The van der Waals surface area contributed by atoms with E-state index in [0.29, 0.717) is 6.54 Å². The van der Waals surface area contributed by atoms with Gasteiger partial charge in [-0.25, -0.2) is 4.79 Å². The summed E-state index contributed by atoms with van der Waals surface area (Å²) in [4.78, 5) is 16.1. The van der Waals surface area contributed by atoms with Crippen molar-refractivity contribution < 1.29 is 4.79 Å². The topological polar surface area (TPSA) is 71.8 Å². The molecular weight excluding hydrogens is 350 g/mol. The molecule has 0 bridgehead atoms. The van der Waals surface area contributed by atoms with Gasteiger partial charge in [0.15, 0.2) is 0 Å². The van der Waals surface area contributed by atoms with Crippen LogP contribution in [0.2, 0.25) is 0 Å². The van der Waals surface area contributed by atoms with Crippen molar-refractivity contribution in [3.05, 3.63) is 78.1 Å². The number of fused-ring (bicyclic) bond motifs is 1. The molecule has 2 aromatic carbocycles. The Kier molecular flexibility index (Phi) is 4.76. The monoisotopic (exact) mass is 371 g/mol. The normalized spacial score (nSPS) is 10.8. The third-order valence-electron chi connectivity index (χ3n) is 4.63. The summed E-state index contributed by atoms with van der Waals surface area (Å²) in [5.74, 6) is 0. The van der Waals surface area contributed by atoms with Gasteiger partial charge in [0.2, 0.25) is 0 Å². The quantitative estimate of drug-likeness (QED) is 0.563. The zero-order chi connectivity index (χ0) is 19.5. The van der Waals surface area contributed by atoms with Gasteiger partial charge in [0.25, 0.3) is 0 Å². The molecule has 0 saturated carbocycles. The summed E-state index contributed by atoms with van der Waals surface area (Å²) in [6, 6.07) is 17.5. The molecule has 2 N–H and O–H groups in total. The van der Waals surface area contributed by atoms with Crippen LogP contribution in [0.4, 0.5) is 10.5 Å². The highest BCUT2D eigenvalue weighted by Gasteiger charge is 2.11. The van der Waals surface area contributed by atoms with Gasteiger partial charge in [0, 0.05) is 42.6 Å². The minimum absolute atomic E-state index is 0.247. The molecular formula is C22H21N5O. The number of nitrogens with one attached hydrogen (secondary N) is 2. The number of amides is 2. The van der Waals surface area contributed by atoms with Gasteiger partial charge in [-0.2, -0.15) is 5.10 Å². The van der Waals surface area contributed by atoms with Crippen LogP contribution in [0.1, 0.15) is 11.1 Å². The van der Waals surface area contributed by atoms with E-state index in [4.69, 9.17) is 0 Å². The minimum Gasteiger partial charge on any atom is -0.334 e. The Balaban J connectivity index is 1.46. The van der Waals surface area contributed by atoms with Gasteiger partial charge < -0.3 is 10.6 Å². The molecule has 6 nitrogen and oxygen atoms in total. The van der Waals surface area contributed by atoms with E-state index >= 15 is 0 Å². The lowest BCUT2D eigenvalue weighted by Gasteiger charge is -2.08. The summed E-state index contributed by atoms with van der Waals surface area (Å²) in [6.45, 7) is 2.53. The first-order valence-electron chi connectivity index (χ1n) is 9.08. The van der Waals surface area contributed by atoms with Crippen LogP contribution in [-0.4, -0.2) is 20.8 Å². The van der Waals surface area contributed by atoms with E-state index in [2.05, 4.69) is 45.8 Å². The molecule has 140 valence electrons. The molecule has 0 radical (unpaired) electrons. The van der Waals surface area contributed by atoms with Gasteiger partial charge in [0.1, 0.15) is 5.69 Å². The molecule has 2 heterocycles. The molecule has 0 saturated heterocycles. The number of carbonyl (C=O) groups excluding carboxylic acids is 1. The van der Waals surface area contributed by atoms with Crippen LogP contribution in [0.3, 0.4) is 0 Å². The molecule has 0 aliphatic rings. The van der Waals surface area contributed by atoms with E-state index in [0.717, 1.165) is 33.4 Å². The number of hydrogen-bond acceptors (Lipinski definition) is 3. The van der Waals surface area contributed by atoms with Crippen molar-refractivity contribution in [3.63, 3.8) is 0 Å². The highest BCUT2D eigenvalue weighted by atomic mass is 16.2. The Bertz CT molecular complexity index is 1120. The van der Waals surface area contributed by atoms with Crippen molar-refractivity contribution in [3.8, 4) is 11.3 Å². The maximum atomic E-state index is 12.1. The van der Waals surface area contributed by atoms with Gasteiger partial charge in [-0.3, -0.25) is 9.67 Å². The Morgan fingerprint density at radius 3 is 2.54 bits per heavy atom. The molecule has 0 fully saturated rings. The first kappa shape index (κ1) is 17.7. The Morgan fingerprint density at radius 1 is 1.04 bits per heavy atom. The third-order valence-corrected chi connectivity index (χ3v) is 4.63. The molecule has 6 heteroatoms. The second-order valence-electron chi connectivity index (χ2n) is 6.73. The van der Waals surface area contributed by atoms with Crippen LogP contribution in [0.5, 0.6) is 0 Å². The lowest BCUT2D eigenvalue weighted by atomic mass is 10.1. The number of pyridine rings is 1. The standard InChI is InChI=1S/C22H21N5O/c1-15-3-8-19-20(13-15)27(2)26-21(19)17-4-6-18(7-5-17)25-22(28)24-14-16-9-11-23-12-10-16/h3-13H,14H2,1-2H3,(H2,24,25,28). The predicted molar refractivity (Wildman–Crippen MR) is 111 cm³/mol. The number of carbonyl (C=O) groups is 1. The van der Waals surface area contributed by atoms with E-state index in [9.17, 15) is 4.79 Å². The van der Waals surface area contributed by atoms with E-state index in [-0.39, 0.29) is 6.03 Å². The van der Waals surface area contributed by atoms with Crippen molar-refractivity contribution in [2.75, 3.05) is 5.32 Å². The molecule has 0 aliphatic heterocycles. The summed E-state index contributed by atoms with van der Waals surface area (Å²) in [7, 11) is 1.95. The Morgan fingerprint density at radius 2 is 1.79 bits per heavy atom. The molecule has 4 aromatic rings. The Labute approximate surface area is 163 Å². The third kappa shape index (κ3) is 3.71. The first-order chi connectivity index (χ1) is 13.6. The minimum atomic E-state index is -0.247. The van der Waals surface area contributed by atoms with Crippen LogP contribution in [0.15, 0.2) is 67.0 Å². The predicted octanol–water partition coefficient (Wildman–Crippen LogP) is 4.27. The number of rotatable bonds is 4. The first-order valence-corrected chi connectivity index (χ1v) is 9.08. The zero-order valence-corrected chi connectivity index (χ0v) is 15.8. The van der Waals surface area contributed by atoms with Gasteiger partial charge in [-0.1, -0.05) is 24.3 Å². The largest absolute Gasteiger partial charge is 0.334 e. The highest BCUT2D eigenvalue weighted by molar-refractivity contribution is 5.94. The van der Waals surface area contributed by atoms with Crippen molar-refractivity contribution in [2.45, 2.75) is 13.5 Å². The maximum absolute atomic E-state index is 12.1. The maximum Gasteiger partial charge on any atom is 0.319 e. The van der Waals surface area contributed by atoms with Gasteiger partial charge in [-0.15, -0.1) is 0 Å². The fourth-order valence-electron chi connectivity index (χ4n) is 3.15. The molecule has 0 atom stereocenters.